The molecule has 5 nitrogen and oxygen atoms in total. The first-order valence-electron chi connectivity index (χ1n) is 4.26. The van der Waals surface area contributed by atoms with E-state index in [0.29, 0.717) is 12.0 Å². The predicted octanol–water partition coefficient (Wildman–Crippen LogP) is 0.739. The highest BCUT2D eigenvalue weighted by Gasteiger charge is 2.04. The molecule has 1 aromatic rings. The molecule has 5 heteroatoms. The minimum atomic E-state index is -0.694. The zero-order valence-corrected chi connectivity index (χ0v) is 7.92. The maximum absolute atomic E-state index is 10.9. The molecule has 0 heterocycles. The van der Waals surface area contributed by atoms with E-state index >= 15 is 0 Å². The van der Waals surface area contributed by atoms with E-state index in [1.54, 1.807) is 24.3 Å². The number of hydrogen-bond acceptors (Lipinski definition) is 5. The second-order valence-corrected chi connectivity index (χ2v) is 2.51. The molecule has 0 spiro atoms. The summed E-state index contributed by atoms with van der Waals surface area (Å²) in [6.07, 6.45) is 0.478. The summed E-state index contributed by atoms with van der Waals surface area (Å²) in [5, 5.41) is 0. The lowest BCUT2D eigenvalue weighted by atomic mass is 10.3. The van der Waals surface area contributed by atoms with Crippen molar-refractivity contribution < 1.29 is 24.1 Å². The van der Waals surface area contributed by atoms with E-state index in [4.69, 9.17) is 4.74 Å². The van der Waals surface area contributed by atoms with E-state index in [0.717, 1.165) is 0 Å². The van der Waals surface area contributed by atoms with E-state index in [1.165, 1.54) is 0 Å². The Labute approximate surface area is 86.5 Å². The van der Waals surface area contributed by atoms with Crippen LogP contribution in [0.3, 0.4) is 0 Å². The maximum atomic E-state index is 10.9. The van der Waals surface area contributed by atoms with Crippen LogP contribution in [0.5, 0.6) is 5.75 Å². The Kier molecular flexibility index (Phi) is 4.89. The lowest BCUT2D eigenvalue weighted by Crippen LogP contribution is -2.15. The molecule has 0 N–H and O–H groups in total. The molecule has 0 aliphatic carbocycles. The molecule has 0 fully saturated rings. The lowest BCUT2D eigenvalue weighted by molar-refractivity contribution is -0.267. The molecule has 15 heavy (non-hydrogen) atoms. The predicted molar refractivity (Wildman–Crippen MR) is 50.0 cm³/mol. The SMILES string of the molecule is O=CCOOC(=O)COc1ccccc1. The molecule has 0 aliphatic heterocycles. The summed E-state index contributed by atoms with van der Waals surface area (Å²) in [4.78, 5) is 29.2. The molecular weight excluding hydrogens is 200 g/mol. The third-order valence-corrected chi connectivity index (χ3v) is 1.39. The van der Waals surface area contributed by atoms with Gasteiger partial charge in [0.2, 0.25) is 0 Å². The number of carbonyl (C=O) groups is 2. The molecule has 0 radical (unpaired) electrons. The number of aldehydes is 1. The van der Waals surface area contributed by atoms with Crippen LogP contribution in [-0.2, 0) is 19.4 Å². The van der Waals surface area contributed by atoms with Gasteiger partial charge in [0.25, 0.3) is 0 Å². The molecule has 1 aromatic carbocycles. The van der Waals surface area contributed by atoms with Gasteiger partial charge in [0, 0.05) is 0 Å². The smallest absolute Gasteiger partial charge is 0.379 e. The van der Waals surface area contributed by atoms with E-state index in [9.17, 15) is 9.59 Å². The number of ether oxygens (including phenoxy) is 1. The highest BCUT2D eigenvalue weighted by molar-refractivity contribution is 5.70. The molecule has 0 atom stereocenters. The van der Waals surface area contributed by atoms with Crippen LogP contribution in [0.4, 0.5) is 0 Å². The third kappa shape index (κ3) is 4.78. The fraction of sp³-hybridized carbons (Fsp3) is 0.200. The molecule has 0 aromatic heterocycles. The van der Waals surface area contributed by atoms with Gasteiger partial charge in [-0.2, -0.15) is 4.89 Å². The summed E-state index contributed by atoms with van der Waals surface area (Å²) in [5.74, 6) is -0.134. The van der Waals surface area contributed by atoms with Crippen LogP contribution in [-0.4, -0.2) is 25.5 Å². The van der Waals surface area contributed by atoms with Gasteiger partial charge < -0.3 is 9.53 Å². The second kappa shape index (κ2) is 6.56. The van der Waals surface area contributed by atoms with Crippen molar-refractivity contribution in [3.05, 3.63) is 30.3 Å². The van der Waals surface area contributed by atoms with Crippen molar-refractivity contribution in [2.24, 2.45) is 0 Å². The molecule has 80 valence electrons. The van der Waals surface area contributed by atoms with E-state index < -0.39 is 5.97 Å². The monoisotopic (exact) mass is 210 g/mol. The van der Waals surface area contributed by atoms with Crippen molar-refractivity contribution >= 4 is 12.3 Å². The average Bonchev–Trinajstić information content (AvgIpc) is 2.28. The first-order chi connectivity index (χ1) is 7.33. The molecule has 0 bridgehead atoms. The summed E-state index contributed by atoms with van der Waals surface area (Å²) in [6, 6.07) is 8.81. The zero-order chi connectivity index (χ0) is 10.9. The van der Waals surface area contributed by atoms with Gasteiger partial charge in [-0.3, -0.25) is 4.89 Å². The number of hydrogen-bond donors (Lipinski definition) is 0. The number of carbonyl (C=O) groups excluding carboxylic acids is 2. The van der Waals surface area contributed by atoms with Crippen molar-refractivity contribution in [1.29, 1.82) is 0 Å². The fourth-order valence-corrected chi connectivity index (χ4v) is 0.811. The van der Waals surface area contributed by atoms with Crippen molar-refractivity contribution in [2.45, 2.75) is 0 Å². The van der Waals surface area contributed by atoms with Crippen LogP contribution >= 0.6 is 0 Å². The fourth-order valence-electron chi connectivity index (χ4n) is 0.811. The lowest BCUT2D eigenvalue weighted by Gasteiger charge is -2.04. The molecule has 1 rings (SSSR count). The minimum absolute atomic E-state index is 0.261. The minimum Gasteiger partial charge on any atom is -0.482 e. The van der Waals surface area contributed by atoms with Crippen LogP contribution in [0, 0.1) is 0 Å². The van der Waals surface area contributed by atoms with Crippen molar-refractivity contribution in [3.63, 3.8) is 0 Å². The summed E-state index contributed by atoms with van der Waals surface area (Å²) in [6.45, 7) is -0.542. The van der Waals surface area contributed by atoms with Gasteiger partial charge in [-0.15, -0.1) is 0 Å². The first-order valence-corrected chi connectivity index (χ1v) is 4.26. The van der Waals surface area contributed by atoms with Crippen LogP contribution in [0.15, 0.2) is 30.3 Å². The molecule has 0 aliphatic rings. The van der Waals surface area contributed by atoms with Gasteiger partial charge in [-0.25, -0.2) is 4.79 Å². The number of para-hydroxylation sites is 1. The Morgan fingerprint density at radius 2 is 2.00 bits per heavy atom. The van der Waals surface area contributed by atoms with E-state index in [-0.39, 0.29) is 13.2 Å². The van der Waals surface area contributed by atoms with Gasteiger partial charge in [0.1, 0.15) is 18.6 Å². The largest absolute Gasteiger partial charge is 0.482 e. The van der Waals surface area contributed by atoms with E-state index in [2.05, 4.69) is 9.78 Å². The van der Waals surface area contributed by atoms with Crippen LogP contribution in [0.25, 0.3) is 0 Å². The van der Waals surface area contributed by atoms with Gasteiger partial charge in [-0.1, -0.05) is 18.2 Å². The molecule has 0 unspecified atom stereocenters. The standard InChI is InChI=1S/C10H10O5/c11-6-7-14-15-10(12)8-13-9-4-2-1-3-5-9/h1-6H,7-8H2. The van der Waals surface area contributed by atoms with Crippen molar-refractivity contribution in [2.75, 3.05) is 13.2 Å². The molecular formula is C10H10O5. The topological polar surface area (TPSA) is 61.8 Å². The van der Waals surface area contributed by atoms with Gasteiger partial charge in [-0.05, 0) is 12.1 Å². The van der Waals surface area contributed by atoms with Crippen LogP contribution in [0.1, 0.15) is 0 Å². The average molecular weight is 210 g/mol. The van der Waals surface area contributed by atoms with Crippen LogP contribution in [0.2, 0.25) is 0 Å². The quantitative estimate of drug-likeness (QED) is 0.300. The van der Waals surface area contributed by atoms with E-state index in [1.807, 2.05) is 6.07 Å². The Balaban J connectivity index is 2.20. The zero-order valence-electron chi connectivity index (χ0n) is 7.92. The van der Waals surface area contributed by atoms with Gasteiger partial charge in [0.15, 0.2) is 6.61 Å². The van der Waals surface area contributed by atoms with Gasteiger partial charge in [0.05, 0.1) is 0 Å². The first kappa shape index (κ1) is 11.2. The van der Waals surface area contributed by atoms with Crippen molar-refractivity contribution in [3.8, 4) is 5.75 Å². The normalized spacial score (nSPS) is 9.33. The Morgan fingerprint density at radius 1 is 1.27 bits per heavy atom. The molecule has 0 saturated heterocycles. The van der Waals surface area contributed by atoms with Gasteiger partial charge >= 0.3 is 5.97 Å². The summed E-state index contributed by atoms with van der Waals surface area (Å²) >= 11 is 0. The van der Waals surface area contributed by atoms with Crippen molar-refractivity contribution in [1.82, 2.24) is 0 Å². The third-order valence-electron chi connectivity index (χ3n) is 1.39. The summed E-state index contributed by atoms with van der Waals surface area (Å²) in [7, 11) is 0. The van der Waals surface area contributed by atoms with Crippen LogP contribution < -0.4 is 4.74 Å². The Bertz CT molecular complexity index is 309. The highest BCUT2D eigenvalue weighted by Crippen LogP contribution is 2.07. The molecule has 0 amide bonds. The maximum Gasteiger partial charge on any atom is 0.379 e. The number of rotatable bonds is 6. The Morgan fingerprint density at radius 3 is 2.67 bits per heavy atom. The summed E-state index contributed by atoms with van der Waals surface area (Å²) < 4.78 is 5.06. The highest BCUT2D eigenvalue weighted by atomic mass is 17.2. The summed E-state index contributed by atoms with van der Waals surface area (Å²) in [5.41, 5.74) is 0. The molecule has 0 saturated carbocycles. The number of benzene rings is 1. The Hall–Kier alpha value is -1.88. The second-order valence-electron chi connectivity index (χ2n) is 2.51.